The van der Waals surface area contributed by atoms with E-state index in [4.69, 9.17) is 4.74 Å². The molecule has 0 aliphatic rings. The van der Waals surface area contributed by atoms with Crippen LogP contribution in [0.3, 0.4) is 0 Å². The number of benzene rings is 1. The Morgan fingerprint density at radius 3 is 2.67 bits per heavy atom. The highest BCUT2D eigenvalue weighted by Gasteiger charge is 2.25. The smallest absolute Gasteiger partial charge is 0.408 e. The molecule has 1 atom stereocenters. The molecule has 1 aromatic heterocycles. The second-order valence-corrected chi connectivity index (χ2v) is 8.22. The summed E-state index contributed by atoms with van der Waals surface area (Å²) in [5.41, 5.74) is -0.222. The Hall–Kier alpha value is -2.77. The molecule has 2 aromatic rings. The van der Waals surface area contributed by atoms with Crippen molar-refractivity contribution in [2.24, 2.45) is 0 Å². The number of rotatable bonds is 8. The summed E-state index contributed by atoms with van der Waals surface area (Å²) in [6.07, 6.45) is -0.381. The Bertz CT molecular complexity index is 917. The molecular formula is C17H23FN6O5S. The Balaban J connectivity index is 2.17. The van der Waals surface area contributed by atoms with E-state index >= 15 is 0 Å². The molecule has 0 saturated heterocycles. The monoisotopic (exact) mass is 442 g/mol. The molecule has 0 unspecified atom stereocenters. The Morgan fingerprint density at radius 2 is 2.13 bits per heavy atom. The first-order valence-electron chi connectivity index (χ1n) is 8.97. The number of amides is 1. The van der Waals surface area contributed by atoms with Crippen LogP contribution in [0.15, 0.2) is 17.0 Å². The minimum atomic E-state index is -1.31. The number of aryl methyl sites for hydroxylation is 1. The number of aromatic nitrogens is 4. The van der Waals surface area contributed by atoms with Crippen molar-refractivity contribution in [3.05, 3.63) is 29.0 Å². The molecule has 0 spiro atoms. The standard InChI is InChI=1S/C17H23FN6O5S/c1-5-14-20-23-24(21-14)12-7-10(22-28)13(6-9(12)18)30-8-11(15(25)26)19-16(27)29-17(2,3)4/h6-7,11H,5,8,22H2,1-4H3,(H,19,27)(H,25,26)/t11-/m0/s1. The SMILES string of the molecule is CCc1nnn(-c2cc([NH2+][O-])c(SC[C@H](NC(=O)OC(C)(C)C)C(=O)O)cc2F)n1. The fourth-order valence-corrected chi connectivity index (χ4v) is 3.25. The van der Waals surface area contributed by atoms with Crippen molar-refractivity contribution >= 4 is 29.5 Å². The average molecular weight is 442 g/mol. The molecule has 0 fully saturated rings. The maximum atomic E-state index is 14.6. The second kappa shape index (κ2) is 9.82. The molecule has 1 aromatic carbocycles. The zero-order valence-corrected chi connectivity index (χ0v) is 17.7. The number of nitrogens with zero attached hydrogens (tertiary/aromatic N) is 4. The lowest BCUT2D eigenvalue weighted by Crippen LogP contribution is -2.70. The van der Waals surface area contributed by atoms with E-state index in [0.29, 0.717) is 17.7 Å². The first-order chi connectivity index (χ1) is 14.0. The largest absolute Gasteiger partial charge is 0.630 e. The molecule has 0 radical (unpaired) electrons. The summed E-state index contributed by atoms with van der Waals surface area (Å²) in [5, 5.41) is 34.6. The van der Waals surface area contributed by atoms with E-state index in [-0.39, 0.29) is 22.0 Å². The van der Waals surface area contributed by atoms with Gasteiger partial charge in [0.05, 0.1) is 4.90 Å². The zero-order valence-electron chi connectivity index (χ0n) is 16.9. The van der Waals surface area contributed by atoms with Crippen LogP contribution in [0.25, 0.3) is 5.69 Å². The molecule has 2 rings (SSSR count). The minimum Gasteiger partial charge on any atom is -0.630 e. The summed E-state index contributed by atoms with van der Waals surface area (Å²) >= 11 is 0.908. The van der Waals surface area contributed by atoms with Crippen molar-refractivity contribution in [2.75, 3.05) is 5.75 Å². The van der Waals surface area contributed by atoms with Crippen LogP contribution >= 0.6 is 11.8 Å². The normalized spacial score (nSPS) is 12.5. The van der Waals surface area contributed by atoms with Crippen LogP contribution in [0.2, 0.25) is 0 Å². The van der Waals surface area contributed by atoms with Gasteiger partial charge in [0.1, 0.15) is 23.0 Å². The molecule has 0 bridgehead atoms. The quantitative estimate of drug-likeness (QED) is 0.309. The number of hydrogen-bond acceptors (Lipinski definition) is 8. The second-order valence-electron chi connectivity index (χ2n) is 7.16. The van der Waals surface area contributed by atoms with Crippen molar-refractivity contribution < 1.29 is 29.3 Å². The average Bonchev–Trinajstić information content (AvgIpc) is 3.12. The van der Waals surface area contributed by atoms with E-state index in [1.54, 1.807) is 20.8 Å². The molecule has 11 nitrogen and oxygen atoms in total. The number of quaternary nitrogens is 1. The van der Waals surface area contributed by atoms with Crippen LogP contribution in [-0.4, -0.2) is 54.8 Å². The van der Waals surface area contributed by atoms with Crippen LogP contribution in [0.5, 0.6) is 0 Å². The first kappa shape index (κ1) is 23.5. The van der Waals surface area contributed by atoms with Crippen LogP contribution < -0.4 is 10.8 Å². The molecule has 1 amide bonds. The predicted molar refractivity (Wildman–Crippen MR) is 105 cm³/mol. The van der Waals surface area contributed by atoms with Crippen LogP contribution in [0.1, 0.15) is 33.5 Å². The first-order valence-corrected chi connectivity index (χ1v) is 9.95. The maximum Gasteiger partial charge on any atom is 0.408 e. The Morgan fingerprint density at radius 1 is 1.43 bits per heavy atom. The summed E-state index contributed by atoms with van der Waals surface area (Å²) in [7, 11) is 0. The van der Waals surface area contributed by atoms with Gasteiger partial charge in [0.2, 0.25) is 0 Å². The van der Waals surface area contributed by atoms with Crippen molar-refractivity contribution in [1.29, 1.82) is 0 Å². The maximum absolute atomic E-state index is 14.6. The predicted octanol–water partition coefficient (Wildman–Crippen LogP) is 1.13. The molecule has 0 aliphatic carbocycles. The van der Waals surface area contributed by atoms with Crippen molar-refractivity contribution in [3.63, 3.8) is 0 Å². The highest BCUT2D eigenvalue weighted by molar-refractivity contribution is 7.99. The van der Waals surface area contributed by atoms with Gasteiger partial charge in [-0.2, -0.15) is 0 Å². The lowest BCUT2D eigenvalue weighted by Gasteiger charge is -2.22. The third-order valence-corrected chi connectivity index (χ3v) is 4.75. The number of aliphatic carboxylic acids is 1. The van der Waals surface area contributed by atoms with Crippen molar-refractivity contribution in [3.8, 4) is 5.69 Å². The van der Waals surface area contributed by atoms with E-state index in [1.807, 2.05) is 6.92 Å². The van der Waals surface area contributed by atoms with Gasteiger partial charge in [-0.15, -0.1) is 26.8 Å². The number of tetrazole rings is 1. The Labute approximate surface area is 175 Å². The zero-order chi connectivity index (χ0) is 22.5. The molecule has 1 heterocycles. The minimum absolute atomic E-state index is 0.0599. The summed E-state index contributed by atoms with van der Waals surface area (Å²) < 4.78 is 19.6. The lowest BCUT2D eigenvalue weighted by atomic mass is 10.2. The van der Waals surface area contributed by atoms with Gasteiger partial charge in [0, 0.05) is 18.2 Å². The summed E-state index contributed by atoms with van der Waals surface area (Å²) in [6.45, 7) is 6.75. The summed E-state index contributed by atoms with van der Waals surface area (Å²) in [4.78, 5) is 24.5. The van der Waals surface area contributed by atoms with E-state index in [0.717, 1.165) is 22.6 Å². The molecule has 164 valence electrons. The van der Waals surface area contributed by atoms with Gasteiger partial charge >= 0.3 is 12.1 Å². The third kappa shape index (κ3) is 6.37. The summed E-state index contributed by atoms with van der Waals surface area (Å²) in [6, 6.07) is 1.03. The Kier molecular flexibility index (Phi) is 7.70. The van der Waals surface area contributed by atoms with Gasteiger partial charge in [0.25, 0.3) is 0 Å². The molecule has 13 heteroatoms. The van der Waals surface area contributed by atoms with E-state index in [9.17, 15) is 24.3 Å². The van der Waals surface area contributed by atoms with Gasteiger partial charge < -0.3 is 25.8 Å². The third-order valence-electron chi connectivity index (χ3n) is 3.59. The number of carboxylic acids is 1. The molecule has 0 saturated carbocycles. The number of carbonyl (C=O) groups is 2. The number of carbonyl (C=O) groups excluding carboxylic acids is 1. The van der Waals surface area contributed by atoms with Gasteiger partial charge in [-0.05, 0) is 32.1 Å². The van der Waals surface area contributed by atoms with Gasteiger partial charge in [-0.25, -0.2) is 14.0 Å². The molecule has 4 N–H and O–H groups in total. The van der Waals surface area contributed by atoms with Gasteiger partial charge in [0.15, 0.2) is 11.6 Å². The number of hydrogen-bond donors (Lipinski definition) is 3. The lowest BCUT2D eigenvalue weighted by molar-refractivity contribution is -0.499. The van der Waals surface area contributed by atoms with E-state index in [1.165, 1.54) is 6.07 Å². The van der Waals surface area contributed by atoms with E-state index < -0.39 is 29.5 Å². The fourth-order valence-electron chi connectivity index (χ4n) is 2.21. The van der Waals surface area contributed by atoms with Crippen molar-refractivity contribution in [1.82, 2.24) is 25.5 Å². The van der Waals surface area contributed by atoms with Crippen LogP contribution in [-0.2, 0) is 16.0 Å². The van der Waals surface area contributed by atoms with Gasteiger partial charge in [-0.3, -0.25) is 0 Å². The number of ether oxygens (including phenoxy) is 1. The molecule has 30 heavy (non-hydrogen) atoms. The highest BCUT2D eigenvalue weighted by Crippen LogP contribution is 2.29. The van der Waals surface area contributed by atoms with Crippen LogP contribution in [0, 0.1) is 11.0 Å². The fraction of sp³-hybridized carbons (Fsp3) is 0.471. The molecule has 0 aliphatic heterocycles. The van der Waals surface area contributed by atoms with E-state index in [2.05, 4.69) is 20.7 Å². The topological polar surface area (TPSA) is 159 Å². The number of halogens is 1. The number of nitrogens with two attached hydrogens (primary N) is 1. The number of nitrogens with one attached hydrogen (secondary N) is 1. The number of alkyl carbamates (subject to hydrolysis) is 1. The summed E-state index contributed by atoms with van der Waals surface area (Å²) in [5.74, 6) is -1.75. The number of carboxylic acid groups (broad SMARTS) is 1. The molecular weight excluding hydrogens is 419 g/mol. The van der Waals surface area contributed by atoms with Crippen LogP contribution in [0.4, 0.5) is 14.9 Å². The van der Waals surface area contributed by atoms with Gasteiger partial charge in [-0.1, -0.05) is 6.92 Å². The number of thioether (sulfide) groups is 1. The highest BCUT2D eigenvalue weighted by atomic mass is 32.2. The van der Waals surface area contributed by atoms with Crippen molar-refractivity contribution in [2.45, 2.75) is 50.7 Å².